The molecule has 5 aromatic carbocycles. The largest absolute Gasteiger partial charge is 0.333 e. The van der Waals surface area contributed by atoms with Crippen molar-refractivity contribution in [3.63, 3.8) is 0 Å². The summed E-state index contributed by atoms with van der Waals surface area (Å²) in [6.45, 7) is 0. The molecule has 2 heteroatoms. The van der Waals surface area contributed by atoms with E-state index < -0.39 is 0 Å². The molecule has 9 rings (SSSR count). The Balaban J connectivity index is 1.15. The van der Waals surface area contributed by atoms with Gasteiger partial charge in [0.2, 0.25) is 0 Å². The zero-order chi connectivity index (χ0) is 29.0. The highest BCUT2D eigenvalue weighted by molar-refractivity contribution is 6.09. The van der Waals surface area contributed by atoms with E-state index in [1.807, 2.05) is 0 Å². The highest BCUT2D eigenvalue weighted by atomic mass is 15.0. The van der Waals surface area contributed by atoms with Gasteiger partial charge in [-0.1, -0.05) is 85.0 Å². The molecular weight excluding hydrogens is 532 g/mol. The molecule has 0 bridgehead atoms. The summed E-state index contributed by atoms with van der Waals surface area (Å²) < 4.78 is 4.99. The van der Waals surface area contributed by atoms with E-state index in [-0.39, 0.29) is 0 Å². The van der Waals surface area contributed by atoms with Crippen LogP contribution in [-0.2, 0) is 6.42 Å². The molecule has 0 amide bonds. The van der Waals surface area contributed by atoms with E-state index in [4.69, 9.17) is 0 Å². The number of fused-ring (bicyclic) bond motifs is 6. The van der Waals surface area contributed by atoms with Crippen LogP contribution < -0.4 is 0 Å². The number of allylic oxidation sites excluding steroid dienone is 3. The van der Waals surface area contributed by atoms with Gasteiger partial charge in [-0.15, -0.1) is 0 Å². The molecule has 1 unspecified atom stereocenters. The zero-order valence-electron chi connectivity index (χ0n) is 24.8. The van der Waals surface area contributed by atoms with Gasteiger partial charge in [-0.05, 0) is 115 Å². The summed E-state index contributed by atoms with van der Waals surface area (Å²) in [5, 5.41) is 4.04. The van der Waals surface area contributed by atoms with E-state index in [0.717, 1.165) is 12.8 Å². The molecule has 2 aliphatic rings. The van der Waals surface area contributed by atoms with Gasteiger partial charge in [-0.25, -0.2) is 0 Å². The summed E-state index contributed by atoms with van der Waals surface area (Å²) in [6.07, 6.45) is 15.2. The molecule has 0 N–H and O–H groups in total. The number of nitrogens with zero attached hydrogens (tertiary/aromatic N) is 2. The number of para-hydroxylation sites is 2. The molecule has 0 saturated heterocycles. The summed E-state index contributed by atoms with van der Waals surface area (Å²) in [6, 6.07) is 43.3. The lowest BCUT2D eigenvalue weighted by Crippen LogP contribution is -2.08. The second-order valence-corrected chi connectivity index (χ2v) is 12.3. The Labute approximate surface area is 258 Å². The maximum Gasteiger partial charge on any atom is 0.0538 e. The monoisotopic (exact) mass is 566 g/mol. The average molecular weight is 567 g/mol. The fraction of sp³-hybridized carbons (Fsp3) is 0.143. The zero-order valence-corrected chi connectivity index (χ0v) is 24.8. The van der Waals surface area contributed by atoms with Gasteiger partial charge in [-0.2, -0.15) is 0 Å². The molecule has 2 aromatic heterocycles. The van der Waals surface area contributed by atoms with Gasteiger partial charge < -0.3 is 9.13 Å². The molecule has 0 saturated carbocycles. The van der Waals surface area contributed by atoms with Crippen molar-refractivity contribution >= 4 is 38.8 Å². The third-order valence-electron chi connectivity index (χ3n) is 9.76. The van der Waals surface area contributed by atoms with Crippen LogP contribution in [0.25, 0.3) is 66.7 Å². The number of aryl methyl sites for hydroxylation is 1. The molecule has 2 nitrogen and oxygen atoms in total. The topological polar surface area (TPSA) is 9.86 Å². The summed E-state index contributed by atoms with van der Waals surface area (Å²) in [4.78, 5) is 0. The first-order valence-corrected chi connectivity index (χ1v) is 16.0. The molecule has 1 atom stereocenters. The predicted octanol–water partition coefficient (Wildman–Crippen LogP) is 11.3. The summed E-state index contributed by atoms with van der Waals surface area (Å²) in [7, 11) is 0. The Bertz CT molecular complexity index is 2260. The van der Waals surface area contributed by atoms with Crippen LogP contribution in [0.3, 0.4) is 0 Å². The van der Waals surface area contributed by atoms with Gasteiger partial charge in [0, 0.05) is 38.6 Å². The molecule has 7 aromatic rings. The smallest absolute Gasteiger partial charge is 0.0538 e. The lowest BCUT2D eigenvalue weighted by molar-refractivity contribution is 0.542. The Morgan fingerprint density at radius 1 is 0.545 bits per heavy atom. The van der Waals surface area contributed by atoms with Crippen LogP contribution in [0.15, 0.2) is 133 Å². The van der Waals surface area contributed by atoms with Crippen LogP contribution in [0.1, 0.15) is 43.0 Å². The highest BCUT2D eigenvalue weighted by Gasteiger charge is 2.20. The molecule has 0 fully saturated rings. The molecule has 212 valence electrons. The van der Waals surface area contributed by atoms with Crippen molar-refractivity contribution in [2.45, 2.75) is 38.1 Å². The second kappa shape index (κ2) is 10.3. The SMILES string of the molecule is C1=CC(n2c3ccccc3c3cc(-c4cccc(-c5ccc6c(c5)c5c(n6-c6ccccc6)C=CCC5)c4)ccc32)CCC1. The lowest BCUT2D eigenvalue weighted by atomic mass is 9.95. The normalized spacial score (nSPS) is 16.2. The fourth-order valence-corrected chi connectivity index (χ4v) is 7.70. The van der Waals surface area contributed by atoms with E-state index >= 15 is 0 Å². The van der Waals surface area contributed by atoms with Crippen molar-refractivity contribution in [1.29, 1.82) is 0 Å². The maximum absolute atomic E-state index is 2.56. The van der Waals surface area contributed by atoms with Gasteiger partial charge in [-0.3, -0.25) is 0 Å². The van der Waals surface area contributed by atoms with Crippen molar-refractivity contribution in [2.24, 2.45) is 0 Å². The third-order valence-corrected chi connectivity index (χ3v) is 9.76. The van der Waals surface area contributed by atoms with E-state index in [1.165, 1.54) is 91.2 Å². The van der Waals surface area contributed by atoms with Crippen molar-refractivity contribution in [1.82, 2.24) is 9.13 Å². The minimum atomic E-state index is 0.424. The lowest BCUT2D eigenvalue weighted by Gasteiger charge is -2.21. The molecular formula is C42H34N2. The van der Waals surface area contributed by atoms with Crippen LogP contribution in [0, 0.1) is 0 Å². The number of benzene rings is 5. The van der Waals surface area contributed by atoms with Gasteiger partial charge in [0.25, 0.3) is 0 Å². The predicted molar refractivity (Wildman–Crippen MR) is 187 cm³/mol. The Kier molecular flexibility index (Phi) is 5.94. The highest BCUT2D eigenvalue weighted by Crippen LogP contribution is 2.39. The van der Waals surface area contributed by atoms with Crippen LogP contribution in [0.5, 0.6) is 0 Å². The Morgan fingerprint density at radius 2 is 1.27 bits per heavy atom. The van der Waals surface area contributed by atoms with Crippen molar-refractivity contribution in [3.05, 3.63) is 145 Å². The minimum absolute atomic E-state index is 0.424. The standard InChI is InChI=1S/C42H34N2/c1-3-14-33(15-4-1)43-39-20-9-7-18-35(39)37-27-31(22-24-41(37)43)29-12-11-13-30(26-29)32-23-25-42-38(28-32)36-19-8-10-21-40(36)44(42)34-16-5-2-6-17-34/h1,3-5,8-16,19-28,34H,2,6-7,17-18H2. The van der Waals surface area contributed by atoms with Crippen molar-refractivity contribution < 1.29 is 0 Å². The molecule has 0 radical (unpaired) electrons. The molecule has 2 aliphatic carbocycles. The van der Waals surface area contributed by atoms with Crippen LogP contribution in [0.2, 0.25) is 0 Å². The Morgan fingerprint density at radius 3 is 2.09 bits per heavy atom. The maximum atomic E-state index is 2.56. The summed E-state index contributed by atoms with van der Waals surface area (Å²) >= 11 is 0. The minimum Gasteiger partial charge on any atom is -0.333 e. The van der Waals surface area contributed by atoms with Crippen LogP contribution >= 0.6 is 0 Å². The fourth-order valence-electron chi connectivity index (χ4n) is 7.70. The summed E-state index contributed by atoms with van der Waals surface area (Å²) in [5.41, 5.74) is 13.0. The number of hydrogen-bond acceptors (Lipinski definition) is 0. The number of hydrogen-bond donors (Lipinski definition) is 0. The molecule has 0 spiro atoms. The second-order valence-electron chi connectivity index (χ2n) is 12.3. The summed E-state index contributed by atoms with van der Waals surface area (Å²) in [5.74, 6) is 0. The van der Waals surface area contributed by atoms with E-state index in [2.05, 4.69) is 149 Å². The molecule has 0 aliphatic heterocycles. The van der Waals surface area contributed by atoms with E-state index in [1.54, 1.807) is 0 Å². The number of rotatable bonds is 4. The van der Waals surface area contributed by atoms with Crippen molar-refractivity contribution in [3.8, 4) is 27.9 Å². The van der Waals surface area contributed by atoms with Gasteiger partial charge in [0.1, 0.15) is 0 Å². The van der Waals surface area contributed by atoms with E-state index in [9.17, 15) is 0 Å². The van der Waals surface area contributed by atoms with E-state index in [0.29, 0.717) is 6.04 Å². The first-order valence-electron chi connectivity index (χ1n) is 16.0. The van der Waals surface area contributed by atoms with Crippen molar-refractivity contribution in [2.75, 3.05) is 0 Å². The first-order chi connectivity index (χ1) is 21.8. The van der Waals surface area contributed by atoms with Gasteiger partial charge in [0.15, 0.2) is 0 Å². The third kappa shape index (κ3) is 4.02. The van der Waals surface area contributed by atoms with Gasteiger partial charge >= 0.3 is 0 Å². The Hall–Kier alpha value is -5.08. The quantitative estimate of drug-likeness (QED) is 0.188. The molecule has 2 heterocycles. The first kappa shape index (κ1) is 25.4. The molecule has 44 heavy (non-hydrogen) atoms. The average Bonchev–Trinajstić information content (AvgIpc) is 3.61. The van der Waals surface area contributed by atoms with Crippen LogP contribution in [0.4, 0.5) is 0 Å². The van der Waals surface area contributed by atoms with Gasteiger partial charge in [0.05, 0.1) is 11.6 Å². The van der Waals surface area contributed by atoms with Crippen LogP contribution in [-0.4, -0.2) is 9.13 Å². The number of aromatic nitrogens is 2.